The molecular weight excluding hydrogens is 332 g/mol. The number of amides is 3. The molecule has 24 heavy (non-hydrogen) atoms. The minimum Gasteiger partial charge on any atom is -0.337 e. The fourth-order valence-electron chi connectivity index (χ4n) is 3.27. The van der Waals surface area contributed by atoms with Gasteiger partial charge in [-0.1, -0.05) is 12.1 Å². The maximum absolute atomic E-state index is 12.6. The predicted octanol–water partition coefficient (Wildman–Crippen LogP) is 0.318. The van der Waals surface area contributed by atoms with E-state index in [0.29, 0.717) is 24.1 Å². The van der Waals surface area contributed by atoms with Gasteiger partial charge >= 0.3 is 0 Å². The Kier molecular flexibility index (Phi) is 4.16. The highest BCUT2D eigenvalue weighted by Crippen LogP contribution is 2.23. The highest BCUT2D eigenvalue weighted by molar-refractivity contribution is 7.91. The molecule has 0 N–H and O–H groups in total. The number of likely N-dealkylation sites (N-methyl/N-ethyl adjacent to an activating group) is 1. The topological polar surface area (TPSA) is 91.8 Å². The fourth-order valence-corrected chi connectivity index (χ4v) is 5.00. The van der Waals surface area contributed by atoms with E-state index >= 15 is 0 Å². The second-order valence-electron chi connectivity index (χ2n) is 5.98. The van der Waals surface area contributed by atoms with Gasteiger partial charge in [0.2, 0.25) is 5.91 Å². The molecule has 0 aromatic heterocycles. The lowest BCUT2D eigenvalue weighted by Crippen LogP contribution is -2.47. The van der Waals surface area contributed by atoms with Gasteiger partial charge in [0, 0.05) is 12.6 Å². The van der Waals surface area contributed by atoms with Crippen molar-refractivity contribution in [3.05, 3.63) is 35.4 Å². The van der Waals surface area contributed by atoms with E-state index in [1.807, 2.05) is 0 Å². The summed E-state index contributed by atoms with van der Waals surface area (Å²) in [6.45, 7) is 1.73. The van der Waals surface area contributed by atoms with Crippen LogP contribution in [0.25, 0.3) is 0 Å². The molecule has 8 heteroatoms. The summed E-state index contributed by atoms with van der Waals surface area (Å²) in [5.41, 5.74) is 0.587. The Labute approximate surface area is 140 Å². The van der Waals surface area contributed by atoms with Gasteiger partial charge in [0.25, 0.3) is 11.8 Å². The third-order valence-electron chi connectivity index (χ3n) is 4.48. The number of carbonyl (C=O) groups is 3. The second kappa shape index (κ2) is 6.01. The Morgan fingerprint density at radius 2 is 1.79 bits per heavy atom. The van der Waals surface area contributed by atoms with Gasteiger partial charge in [-0.25, -0.2) is 8.42 Å². The first-order valence-electron chi connectivity index (χ1n) is 7.79. The van der Waals surface area contributed by atoms with Gasteiger partial charge in [-0.05, 0) is 25.5 Å². The van der Waals surface area contributed by atoms with Crippen LogP contribution in [0.3, 0.4) is 0 Å². The molecule has 0 saturated carbocycles. The first kappa shape index (κ1) is 16.6. The predicted molar refractivity (Wildman–Crippen MR) is 86.3 cm³/mol. The molecule has 0 bridgehead atoms. The van der Waals surface area contributed by atoms with Gasteiger partial charge in [0.15, 0.2) is 9.84 Å². The summed E-state index contributed by atoms with van der Waals surface area (Å²) in [6.07, 6.45) is 0.393. The van der Waals surface area contributed by atoms with Crippen LogP contribution in [0.15, 0.2) is 24.3 Å². The van der Waals surface area contributed by atoms with Gasteiger partial charge in [0.1, 0.15) is 6.54 Å². The van der Waals surface area contributed by atoms with Crippen molar-refractivity contribution >= 4 is 27.6 Å². The number of imide groups is 1. The molecule has 0 spiro atoms. The minimum absolute atomic E-state index is 0.0608. The van der Waals surface area contributed by atoms with Crippen LogP contribution >= 0.6 is 0 Å². The Morgan fingerprint density at radius 3 is 2.25 bits per heavy atom. The van der Waals surface area contributed by atoms with Crippen molar-refractivity contribution in [2.75, 3.05) is 24.6 Å². The highest BCUT2D eigenvalue weighted by Gasteiger charge is 2.39. The highest BCUT2D eigenvalue weighted by atomic mass is 32.2. The molecule has 1 aromatic rings. The maximum atomic E-state index is 12.6. The fraction of sp³-hybridized carbons (Fsp3) is 0.438. The van der Waals surface area contributed by atoms with Crippen LogP contribution in [0.1, 0.15) is 34.1 Å². The van der Waals surface area contributed by atoms with E-state index < -0.39 is 27.6 Å². The Morgan fingerprint density at radius 1 is 1.21 bits per heavy atom. The van der Waals surface area contributed by atoms with Crippen LogP contribution in [-0.4, -0.2) is 66.6 Å². The number of benzene rings is 1. The Bertz CT molecular complexity index is 783. The second-order valence-corrected chi connectivity index (χ2v) is 8.21. The Hall–Kier alpha value is -2.22. The summed E-state index contributed by atoms with van der Waals surface area (Å²) in [5, 5.41) is 0. The lowest BCUT2D eigenvalue weighted by molar-refractivity contribution is -0.133. The molecule has 2 heterocycles. The molecule has 128 valence electrons. The summed E-state index contributed by atoms with van der Waals surface area (Å²) in [4.78, 5) is 39.6. The number of hydrogen-bond acceptors (Lipinski definition) is 5. The lowest BCUT2D eigenvalue weighted by atomic mass is 10.1. The number of carbonyl (C=O) groups excluding carboxylic acids is 3. The molecule has 7 nitrogen and oxygen atoms in total. The SMILES string of the molecule is CCN(C(=O)CN1C(=O)c2ccccc2C1=O)[C@H]1CCS(=O)(=O)C1. The van der Waals surface area contributed by atoms with Crippen molar-refractivity contribution in [3.63, 3.8) is 0 Å². The van der Waals surface area contributed by atoms with Crippen molar-refractivity contribution in [2.24, 2.45) is 0 Å². The third kappa shape index (κ3) is 2.82. The van der Waals surface area contributed by atoms with Crippen LogP contribution in [-0.2, 0) is 14.6 Å². The summed E-state index contributed by atoms with van der Waals surface area (Å²) in [5.74, 6) is -1.38. The van der Waals surface area contributed by atoms with Crippen LogP contribution in [0.4, 0.5) is 0 Å². The van der Waals surface area contributed by atoms with E-state index in [1.54, 1.807) is 31.2 Å². The molecular formula is C16H18N2O5S. The van der Waals surface area contributed by atoms with Crippen molar-refractivity contribution in [1.29, 1.82) is 0 Å². The first-order valence-corrected chi connectivity index (χ1v) is 9.61. The van der Waals surface area contributed by atoms with Crippen LogP contribution in [0, 0.1) is 0 Å². The van der Waals surface area contributed by atoms with Crippen LogP contribution < -0.4 is 0 Å². The molecule has 3 rings (SSSR count). The van der Waals surface area contributed by atoms with Crippen LogP contribution in [0.2, 0.25) is 0 Å². The molecule has 0 radical (unpaired) electrons. The summed E-state index contributed by atoms with van der Waals surface area (Å²) < 4.78 is 23.2. The van der Waals surface area contributed by atoms with Crippen molar-refractivity contribution < 1.29 is 22.8 Å². The van der Waals surface area contributed by atoms with Gasteiger partial charge in [-0.2, -0.15) is 0 Å². The molecule has 2 aliphatic rings. The van der Waals surface area contributed by atoms with Gasteiger partial charge in [0.05, 0.1) is 22.6 Å². The van der Waals surface area contributed by atoms with Crippen molar-refractivity contribution in [3.8, 4) is 0 Å². The monoisotopic (exact) mass is 350 g/mol. The number of fused-ring (bicyclic) bond motifs is 1. The van der Waals surface area contributed by atoms with E-state index in [1.165, 1.54) is 4.90 Å². The van der Waals surface area contributed by atoms with Gasteiger partial charge in [-0.15, -0.1) is 0 Å². The average Bonchev–Trinajstić information content (AvgIpc) is 3.01. The molecule has 1 fully saturated rings. The van der Waals surface area contributed by atoms with Crippen LogP contribution in [0.5, 0.6) is 0 Å². The minimum atomic E-state index is -3.12. The van der Waals surface area contributed by atoms with E-state index in [4.69, 9.17) is 0 Å². The number of hydrogen-bond donors (Lipinski definition) is 0. The smallest absolute Gasteiger partial charge is 0.262 e. The summed E-state index contributed by atoms with van der Waals surface area (Å²) in [7, 11) is -3.12. The van der Waals surface area contributed by atoms with Gasteiger partial charge < -0.3 is 4.90 Å². The standard InChI is InChI=1S/C16H18N2O5S/c1-2-17(11-7-8-24(22,23)10-11)14(19)9-18-15(20)12-5-3-4-6-13(12)16(18)21/h3-6,11H,2,7-10H2,1H3/t11-/m0/s1. The lowest BCUT2D eigenvalue weighted by Gasteiger charge is -2.28. The summed E-state index contributed by atoms with van der Waals surface area (Å²) >= 11 is 0. The molecule has 2 aliphatic heterocycles. The molecule has 0 aliphatic carbocycles. The van der Waals surface area contributed by atoms with Crippen molar-refractivity contribution in [1.82, 2.24) is 9.80 Å². The van der Waals surface area contributed by atoms with E-state index in [9.17, 15) is 22.8 Å². The number of nitrogens with zero attached hydrogens (tertiary/aromatic N) is 2. The molecule has 0 unspecified atom stereocenters. The number of sulfone groups is 1. The first-order chi connectivity index (χ1) is 11.3. The molecule has 1 atom stereocenters. The van der Waals surface area contributed by atoms with Gasteiger partial charge in [-0.3, -0.25) is 19.3 Å². The third-order valence-corrected chi connectivity index (χ3v) is 6.23. The zero-order valence-electron chi connectivity index (χ0n) is 13.3. The van der Waals surface area contributed by atoms with E-state index in [0.717, 1.165) is 4.90 Å². The molecule has 3 amide bonds. The molecule has 1 aromatic carbocycles. The van der Waals surface area contributed by atoms with E-state index in [-0.39, 0.29) is 24.1 Å². The van der Waals surface area contributed by atoms with E-state index in [2.05, 4.69) is 0 Å². The molecule has 1 saturated heterocycles. The largest absolute Gasteiger partial charge is 0.337 e. The zero-order valence-corrected chi connectivity index (χ0v) is 14.1. The zero-order chi connectivity index (χ0) is 17.5. The maximum Gasteiger partial charge on any atom is 0.262 e. The Balaban J connectivity index is 1.75. The number of rotatable bonds is 4. The normalized spacial score (nSPS) is 21.9. The quantitative estimate of drug-likeness (QED) is 0.729. The van der Waals surface area contributed by atoms with Crippen molar-refractivity contribution in [2.45, 2.75) is 19.4 Å². The summed E-state index contributed by atoms with van der Waals surface area (Å²) in [6, 6.07) is 6.05. The average molecular weight is 350 g/mol.